The standard InChI is InChI=1S/C13H16FNO5S/c1-20-8-9-4-5-15(7-9)21(18,19)12-3-2-10(13(16)17)6-11(12)14/h2-3,6,9H,4-5,7-8H2,1H3,(H,16,17). The molecule has 0 aliphatic carbocycles. The first-order valence-corrected chi connectivity index (χ1v) is 7.82. The van der Waals surface area contributed by atoms with Gasteiger partial charge in [-0.05, 0) is 30.5 Å². The molecule has 1 atom stereocenters. The number of hydrogen-bond donors (Lipinski definition) is 1. The lowest BCUT2D eigenvalue weighted by Crippen LogP contribution is -2.30. The average molecular weight is 317 g/mol. The number of rotatable bonds is 5. The summed E-state index contributed by atoms with van der Waals surface area (Å²) in [5.41, 5.74) is -0.287. The Morgan fingerprint density at radius 2 is 2.24 bits per heavy atom. The summed E-state index contributed by atoms with van der Waals surface area (Å²) in [4.78, 5) is 10.2. The number of aromatic carboxylic acids is 1. The number of methoxy groups -OCH3 is 1. The van der Waals surface area contributed by atoms with E-state index in [-0.39, 0.29) is 18.0 Å². The molecular weight excluding hydrogens is 301 g/mol. The van der Waals surface area contributed by atoms with Gasteiger partial charge in [0.15, 0.2) is 0 Å². The fraction of sp³-hybridized carbons (Fsp3) is 0.462. The van der Waals surface area contributed by atoms with Crippen LogP contribution in [0.4, 0.5) is 4.39 Å². The topological polar surface area (TPSA) is 83.9 Å². The van der Waals surface area contributed by atoms with E-state index in [9.17, 15) is 17.6 Å². The number of carboxylic acid groups (broad SMARTS) is 1. The number of carboxylic acids is 1. The molecule has 0 aromatic heterocycles. The summed E-state index contributed by atoms with van der Waals surface area (Å²) in [7, 11) is -2.41. The molecular formula is C13H16FNO5S. The molecule has 1 saturated heterocycles. The van der Waals surface area contributed by atoms with E-state index in [1.165, 1.54) is 4.31 Å². The van der Waals surface area contributed by atoms with Gasteiger partial charge < -0.3 is 9.84 Å². The number of nitrogens with zero attached hydrogens (tertiary/aromatic N) is 1. The molecule has 1 aromatic carbocycles. The molecule has 1 N–H and O–H groups in total. The number of halogens is 1. The van der Waals surface area contributed by atoms with Gasteiger partial charge in [-0.2, -0.15) is 4.31 Å². The van der Waals surface area contributed by atoms with Crippen molar-refractivity contribution in [1.82, 2.24) is 4.31 Å². The highest BCUT2D eigenvalue weighted by Crippen LogP contribution is 2.26. The highest BCUT2D eigenvalue weighted by molar-refractivity contribution is 7.89. The van der Waals surface area contributed by atoms with Gasteiger partial charge in [-0.1, -0.05) is 0 Å². The Kier molecular flexibility index (Phi) is 4.60. The van der Waals surface area contributed by atoms with Crippen LogP contribution in [0.2, 0.25) is 0 Å². The predicted molar refractivity (Wildman–Crippen MR) is 72.1 cm³/mol. The fourth-order valence-electron chi connectivity index (χ4n) is 2.37. The van der Waals surface area contributed by atoms with Crippen molar-refractivity contribution in [1.29, 1.82) is 0 Å². The summed E-state index contributed by atoms with van der Waals surface area (Å²) >= 11 is 0. The van der Waals surface area contributed by atoms with E-state index in [2.05, 4.69) is 0 Å². The Bertz CT molecular complexity index is 646. The van der Waals surface area contributed by atoms with Crippen molar-refractivity contribution in [3.8, 4) is 0 Å². The molecule has 116 valence electrons. The molecule has 0 radical (unpaired) electrons. The number of benzene rings is 1. The molecule has 0 spiro atoms. The third-order valence-corrected chi connectivity index (χ3v) is 5.35. The van der Waals surface area contributed by atoms with Crippen molar-refractivity contribution in [2.45, 2.75) is 11.3 Å². The van der Waals surface area contributed by atoms with Gasteiger partial charge in [0.25, 0.3) is 0 Å². The van der Waals surface area contributed by atoms with Gasteiger partial charge in [0.05, 0.1) is 12.2 Å². The summed E-state index contributed by atoms with van der Waals surface area (Å²) in [5, 5.41) is 8.77. The molecule has 2 rings (SSSR count). The van der Waals surface area contributed by atoms with Crippen LogP contribution in [-0.4, -0.2) is 50.6 Å². The maximum atomic E-state index is 13.9. The molecule has 1 aliphatic rings. The molecule has 8 heteroatoms. The zero-order chi connectivity index (χ0) is 15.6. The zero-order valence-corrected chi connectivity index (χ0v) is 12.3. The molecule has 0 amide bonds. The molecule has 0 bridgehead atoms. The highest BCUT2D eigenvalue weighted by Gasteiger charge is 2.34. The minimum atomic E-state index is -3.95. The van der Waals surface area contributed by atoms with Gasteiger partial charge in [0, 0.05) is 20.2 Å². The Labute approximate surface area is 122 Å². The number of ether oxygens (including phenoxy) is 1. The van der Waals surface area contributed by atoms with Crippen molar-refractivity contribution in [3.63, 3.8) is 0 Å². The predicted octanol–water partition coefficient (Wildman–Crippen LogP) is 1.18. The van der Waals surface area contributed by atoms with Crippen molar-refractivity contribution < 1.29 is 27.4 Å². The molecule has 0 saturated carbocycles. The molecule has 1 fully saturated rings. The van der Waals surface area contributed by atoms with Crippen molar-refractivity contribution in [2.24, 2.45) is 5.92 Å². The normalized spacial score (nSPS) is 19.8. The number of carbonyl (C=O) groups is 1. The second-order valence-electron chi connectivity index (χ2n) is 4.92. The lowest BCUT2D eigenvalue weighted by Gasteiger charge is -2.17. The van der Waals surface area contributed by atoms with E-state index >= 15 is 0 Å². The summed E-state index contributed by atoms with van der Waals surface area (Å²) in [6.45, 7) is 1.03. The molecule has 1 aliphatic heterocycles. The van der Waals surface area contributed by atoms with E-state index in [1.54, 1.807) is 7.11 Å². The maximum Gasteiger partial charge on any atom is 0.335 e. The SMILES string of the molecule is COCC1CCN(S(=O)(=O)c2ccc(C(=O)O)cc2F)C1. The van der Waals surface area contributed by atoms with Gasteiger partial charge in [-0.15, -0.1) is 0 Å². The average Bonchev–Trinajstić information content (AvgIpc) is 2.88. The summed E-state index contributed by atoms with van der Waals surface area (Å²) in [6, 6.07) is 2.80. The summed E-state index contributed by atoms with van der Waals surface area (Å²) in [5.74, 6) is -2.27. The molecule has 1 unspecified atom stereocenters. The van der Waals surface area contributed by atoms with Crippen LogP contribution in [0.25, 0.3) is 0 Å². The zero-order valence-electron chi connectivity index (χ0n) is 11.5. The van der Waals surface area contributed by atoms with Crippen molar-refractivity contribution in [3.05, 3.63) is 29.6 Å². The number of sulfonamides is 1. The maximum absolute atomic E-state index is 13.9. The second-order valence-corrected chi connectivity index (χ2v) is 6.83. The molecule has 1 aromatic rings. The Balaban J connectivity index is 2.26. The largest absolute Gasteiger partial charge is 0.478 e. The quantitative estimate of drug-likeness (QED) is 0.881. The fourth-order valence-corrected chi connectivity index (χ4v) is 3.95. The van der Waals surface area contributed by atoms with Crippen LogP contribution in [0.5, 0.6) is 0 Å². The summed E-state index contributed by atoms with van der Waals surface area (Å²) < 4.78 is 44.9. The van der Waals surface area contributed by atoms with Crippen LogP contribution in [0.15, 0.2) is 23.1 Å². The van der Waals surface area contributed by atoms with Crippen LogP contribution >= 0.6 is 0 Å². The third kappa shape index (κ3) is 3.22. The first kappa shape index (κ1) is 15.9. The van der Waals surface area contributed by atoms with Crippen LogP contribution in [0, 0.1) is 11.7 Å². The molecule has 21 heavy (non-hydrogen) atoms. The van der Waals surface area contributed by atoms with E-state index in [4.69, 9.17) is 9.84 Å². The lowest BCUT2D eigenvalue weighted by molar-refractivity contribution is 0.0696. The number of hydrogen-bond acceptors (Lipinski definition) is 4. The molecule has 6 nitrogen and oxygen atoms in total. The van der Waals surface area contributed by atoms with E-state index in [1.807, 2.05) is 0 Å². The Hall–Kier alpha value is -1.51. The lowest BCUT2D eigenvalue weighted by atomic mass is 10.1. The van der Waals surface area contributed by atoms with Gasteiger partial charge in [-0.3, -0.25) is 0 Å². The Morgan fingerprint density at radius 1 is 1.52 bits per heavy atom. The minimum Gasteiger partial charge on any atom is -0.478 e. The van der Waals surface area contributed by atoms with Crippen LogP contribution in [0.3, 0.4) is 0 Å². The van der Waals surface area contributed by atoms with E-state index in [0.29, 0.717) is 19.6 Å². The monoisotopic (exact) mass is 317 g/mol. The van der Waals surface area contributed by atoms with Gasteiger partial charge in [0.1, 0.15) is 10.7 Å². The van der Waals surface area contributed by atoms with Crippen LogP contribution in [-0.2, 0) is 14.8 Å². The van der Waals surface area contributed by atoms with Crippen molar-refractivity contribution >= 4 is 16.0 Å². The van der Waals surface area contributed by atoms with Gasteiger partial charge in [0.2, 0.25) is 10.0 Å². The first-order valence-electron chi connectivity index (χ1n) is 6.38. The third-order valence-electron chi connectivity index (χ3n) is 3.45. The summed E-state index contributed by atoms with van der Waals surface area (Å²) in [6.07, 6.45) is 0.655. The van der Waals surface area contributed by atoms with Crippen LogP contribution < -0.4 is 0 Å². The minimum absolute atomic E-state index is 0.0890. The smallest absolute Gasteiger partial charge is 0.335 e. The first-order chi connectivity index (χ1) is 9.86. The second kappa shape index (κ2) is 6.08. The van der Waals surface area contributed by atoms with Gasteiger partial charge >= 0.3 is 5.97 Å². The van der Waals surface area contributed by atoms with Crippen molar-refractivity contribution in [2.75, 3.05) is 26.8 Å². The van der Waals surface area contributed by atoms with Crippen LogP contribution in [0.1, 0.15) is 16.8 Å². The van der Waals surface area contributed by atoms with Gasteiger partial charge in [-0.25, -0.2) is 17.6 Å². The van der Waals surface area contributed by atoms with E-state index in [0.717, 1.165) is 18.2 Å². The van der Waals surface area contributed by atoms with E-state index < -0.39 is 26.7 Å². The molecule has 1 heterocycles. The highest BCUT2D eigenvalue weighted by atomic mass is 32.2. The Morgan fingerprint density at radius 3 is 2.81 bits per heavy atom.